The Morgan fingerprint density at radius 3 is 2.11 bits per heavy atom. The number of alkyl halides is 3. The molecule has 2 aromatic carbocycles. The fraction of sp³-hybridized carbons (Fsp3) is 0.300. The van der Waals surface area contributed by atoms with Crippen molar-refractivity contribution in [3.8, 4) is 0 Å². The van der Waals surface area contributed by atoms with Gasteiger partial charge in [-0.15, -0.1) is 0 Å². The summed E-state index contributed by atoms with van der Waals surface area (Å²) in [5.41, 5.74) is -0.121. The summed E-state index contributed by atoms with van der Waals surface area (Å²) in [6.45, 7) is 1.97. The zero-order valence-corrected chi connectivity index (χ0v) is 14.7. The number of rotatable bonds is 5. The molecule has 7 heteroatoms. The van der Waals surface area contributed by atoms with Crippen LogP contribution in [0.15, 0.2) is 48.5 Å². The molecule has 0 aliphatic heterocycles. The maximum atomic E-state index is 12.7. The van der Waals surface area contributed by atoms with Crippen LogP contribution in [0.1, 0.15) is 30.9 Å². The molecule has 27 heavy (non-hydrogen) atoms. The highest BCUT2D eigenvalue weighted by Crippen LogP contribution is 2.47. The van der Waals surface area contributed by atoms with E-state index in [4.69, 9.17) is 0 Å². The fourth-order valence-electron chi connectivity index (χ4n) is 2.87. The van der Waals surface area contributed by atoms with Crippen molar-refractivity contribution < 1.29 is 22.8 Å². The minimum Gasteiger partial charge on any atom is -0.325 e. The van der Waals surface area contributed by atoms with E-state index < -0.39 is 29.0 Å². The number of carbonyl (C=O) groups excluding carboxylic acids is 2. The van der Waals surface area contributed by atoms with Gasteiger partial charge >= 0.3 is 6.18 Å². The Morgan fingerprint density at radius 1 is 0.963 bits per heavy atom. The highest BCUT2D eigenvalue weighted by Gasteiger charge is 2.56. The Hall–Kier alpha value is -2.83. The normalized spacial score (nSPS) is 15.1. The van der Waals surface area contributed by atoms with Crippen LogP contribution in [0, 0.1) is 5.41 Å². The summed E-state index contributed by atoms with van der Waals surface area (Å²) < 4.78 is 37.8. The lowest BCUT2D eigenvalue weighted by Crippen LogP contribution is -2.35. The quantitative estimate of drug-likeness (QED) is 0.748. The molecule has 2 N–H and O–H groups in total. The predicted molar refractivity (Wildman–Crippen MR) is 96.2 cm³/mol. The number of hydrogen-bond donors (Lipinski definition) is 2. The number of benzene rings is 2. The van der Waals surface area contributed by atoms with Gasteiger partial charge in [0.1, 0.15) is 5.41 Å². The van der Waals surface area contributed by atoms with Crippen LogP contribution in [0.4, 0.5) is 24.5 Å². The van der Waals surface area contributed by atoms with Gasteiger partial charge < -0.3 is 10.6 Å². The Kier molecular flexibility index (Phi) is 4.95. The van der Waals surface area contributed by atoms with Crippen LogP contribution in [0.25, 0.3) is 0 Å². The van der Waals surface area contributed by atoms with E-state index in [1.165, 1.54) is 12.1 Å². The molecule has 0 heterocycles. The van der Waals surface area contributed by atoms with Gasteiger partial charge in [0.25, 0.3) is 0 Å². The molecule has 1 fully saturated rings. The van der Waals surface area contributed by atoms with Crippen LogP contribution < -0.4 is 10.6 Å². The third-order valence-corrected chi connectivity index (χ3v) is 4.74. The maximum absolute atomic E-state index is 12.7. The lowest BCUT2D eigenvalue weighted by atomic mass is 10.0. The van der Waals surface area contributed by atoms with Crippen molar-refractivity contribution in [2.24, 2.45) is 5.41 Å². The summed E-state index contributed by atoms with van der Waals surface area (Å²) in [4.78, 5) is 25.2. The average molecular weight is 376 g/mol. The van der Waals surface area contributed by atoms with E-state index in [1.807, 2.05) is 19.1 Å². The molecule has 1 aliphatic carbocycles. The van der Waals surface area contributed by atoms with Gasteiger partial charge in [-0.1, -0.05) is 25.1 Å². The summed E-state index contributed by atoms with van der Waals surface area (Å²) in [5, 5.41) is 5.36. The van der Waals surface area contributed by atoms with Crippen molar-refractivity contribution in [2.45, 2.75) is 32.4 Å². The van der Waals surface area contributed by atoms with Gasteiger partial charge in [0, 0.05) is 11.4 Å². The SMILES string of the molecule is CCc1ccccc1NC(=O)C1(C(=O)Nc2ccc(C(F)(F)F)cc2)CC1. The molecule has 0 saturated heterocycles. The summed E-state index contributed by atoms with van der Waals surface area (Å²) in [6.07, 6.45) is -2.90. The van der Waals surface area contributed by atoms with Gasteiger partial charge in [-0.3, -0.25) is 9.59 Å². The first-order valence-electron chi connectivity index (χ1n) is 8.64. The number of aryl methyl sites for hydroxylation is 1. The van der Waals surface area contributed by atoms with Crippen molar-refractivity contribution >= 4 is 23.2 Å². The monoisotopic (exact) mass is 376 g/mol. The largest absolute Gasteiger partial charge is 0.416 e. The van der Waals surface area contributed by atoms with E-state index in [-0.39, 0.29) is 5.69 Å². The third kappa shape index (κ3) is 3.97. The Morgan fingerprint density at radius 2 is 1.56 bits per heavy atom. The maximum Gasteiger partial charge on any atom is 0.416 e. The molecular formula is C20H19F3N2O2. The molecule has 4 nitrogen and oxygen atoms in total. The average Bonchev–Trinajstić information content (AvgIpc) is 3.44. The second kappa shape index (κ2) is 7.06. The summed E-state index contributed by atoms with van der Waals surface area (Å²) in [5.74, 6) is -0.901. The molecule has 3 rings (SSSR count). The van der Waals surface area contributed by atoms with Crippen molar-refractivity contribution in [3.05, 3.63) is 59.7 Å². The Bertz CT molecular complexity index is 856. The first-order valence-corrected chi connectivity index (χ1v) is 8.64. The number of para-hydroxylation sites is 1. The number of carbonyl (C=O) groups is 2. The Balaban J connectivity index is 1.70. The lowest BCUT2D eigenvalue weighted by molar-refractivity contribution is -0.137. The van der Waals surface area contributed by atoms with Gasteiger partial charge in [0.05, 0.1) is 5.56 Å². The molecule has 0 spiro atoms. The second-order valence-electron chi connectivity index (χ2n) is 6.58. The Labute approximate surface area is 154 Å². The summed E-state index contributed by atoms with van der Waals surface area (Å²) in [6, 6.07) is 11.5. The molecule has 0 radical (unpaired) electrons. The number of nitrogens with one attached hydrogen (secondary N) is 2. The van der Waals surface area contributed by atoms with Crippen LogP contribution in [0.3, 0.4) is 0 Å². The first kappa shape index (κ1) is 18.9. The zero-order valence-electron chi connectivity index (χ0n) is 14.7. The summed E-state index contributed by atoms with van der Waals surface area (Å²) >= 11 is 0. The molecule has 142 valence electrons. The van der Waals surface area contributed by atoms with Crippen LogP contribution in [-0.2, 0) is 22.2 Å². The molecular weight excluding hydrogens is 357 g/mol. The van der Waals surface area contributed by atoms with Crippen molar-refractivity contribution in [2.75, 3.05) is 10.6 Å². The first-order chi connectivity index (χ1) is 12.8. The minimum absolute atomic E-state index is 0.223. The van der Waals surface area contributed by atoms with Crippen LogP contribution in [0.2, 0.25) is 0 Å². The molecule has 0 atom stereocenters. The smallest absolute Gasteiger partial charge is 0.325 e. The second-order valence-corrected chi connectivity index (χ2v) is 6.58. The number of amides is 2. The van der Waals surface area contributed by atoms with E-state index in [0.29, 0.717) is 18.5 Å². The molecule has 1 saturated carbocycles. The number of anilines is 2. The fourth-order valence-corrected chi connectivity index (χ4v) is 2.87. The molecule has 2 amide bonds. The summed E-state index contributed by atoms with van der Waals surface area (Å²) in [7, 11) is 0. The van der Waals surface area contributed by atoms with Gasteiger partial charge in [0.15, 0.2) is 0 Å². The van der Waals surface area contributed by atoms with Crippen molar-refractivity contribution in [1.82, 2.24) is 0 Å². The molecule has 0 aromatic heterocycles. The van der Waals surface area contributed by atoms with Crippen LogP contribution >= 0.6 is 0 Å². The van der Waals surface area contributed by atoms with Crippen molar-refractivity contribution in [3.63, 3.8) is 0 Å². The van der Waals surface area contributed by atoms with E-state index >= 15 is 0 Å². The van der Waals surface area contributed by atoms with Crippen molar-refractivity contribution in [1.29, 1.82) is 0 Å². The molecule has 1 aliphatic rings. The van der Waals surface area contributed by atoms with Gasteiger partial charge in [-0.25, -0.2) is 0 Å². The van der Waals surface area contributed by atoms with Gasteiger partial charge in [0.2, 0.25) is 11.8 Å². The number of halogens is 3. The topological polar surface area (TPSA) is 58.2 Å². The number of hydrogen-bond acceptors (Lipinski definition) is 2. The highest BCUT2D eigenvalue weighted by atomic mass is 19.4. The van der Waals surface area contributed by atoms with E-state index in [0.717, 1.165) is 24.1 Å². The molecule has 2 aromatic rings. The van der Waals surface area contributed by atoms with Crippen LogP contribution in [-0.4, -0.2) is 11.8 Å². The van der Waals surface area contributed by atoms with Crippen LogP contribution in [0.5, 0.6) is 0 Å². The lowest BCUT2D eigenvalue weighted by Gasteiger charge is -2.17. The van der Waals surface area contributed by atoms with Gasteiger partial charge in [-0.2, -0.15) is 13.2 Å². The molecule has 0 bridgehead atoms. The van der Waals surface area contributed by atoms with E-state index in [9.17, 15) is 22.8 Å². The van der Waals surface area contributed by atoms with E-state index in [1.54, 1.807) is 12.1 Å². The zero-order chi connectivity index (χ0) is 19.7. The predicted octanol–water partition coefficient (Wildman–Crippen LogP) is 4.63. The standard InChI is InChI=1S/C20H19F3N2O2/c1-2-13-5-3-4-6-16(13)25-18(27)19(11-12-19)17(26)24-15-9-7-14(8-10-15)20(21,22)23/h3-10H,2,11-12H2,1H3,(H,24,26)(H,25,27). The van der Waals surface area contributed by atoms with E-state index in [2.05, 4.69) is 10.6 Å². The highest BCUT2D eigenvalue weighted by molar-refractivity contribution is 6.17. The molecule has 0 unspecified atom stereocenters. The third-order valence-electron chi connectivity index (χ3n) is 4.74. The van der Waals surface area contributed by atoms with Gasteiger partial charge in [-0.05, 0) is 55.2 Å². The minimum atomic E-state index is -4.44.